The van der Waals surface area contributed by atoms with Crippen LogP contribution in [0.1, 0.15) is 27.7 Å². The van der Waals surface area contributed by atoms with Crippen LogP contribution in [0, 0.1) is 5.92 Å². The van der Waals surface area contributed by atoms with Crippen molar-refractivity contribution >= 4 is 11.9 Å². The van der Waals surface area contributed by atoms with Gasteiger partial charge < -0.3 is 10.0 Å². The van der Waals surface area contributed by atoms with Crippen molar-refractivity contribution in [3.8, 4) is 0 Å². The molecule has 0 bridgehead atoms. The zero-order valence-corrected chi connectivity index (χ0v) is 9.78. The highest BCUT2D eigenvalue weighted by Gasteiger charge is 2.19. The number of hydrogen-bond acceptors (Lipinski definition) is 2. The van der Waals surface area contributed by atoms with E-state index in [2.05, 4.69) is 0 Å². The molecule has 15 heavy (non-hydrogen) atoms. The Labute approximate surface area is 90.6 Å². The maximum Gasteiger partial charge on any atom is 0.308 e. The van der Waals surface area contributed by atoms with Crippen LogP contribution in [0.5, 0.6) is 0 Å². The highest BCUT2D eigenvalue weighted by molar-refractivity contribution is 5.93. The fourth-order valence-corrected chi connectivity index (χ4v) is 1.14. The Bertz CT molecular complexity index is 271. The van der Waals surface area contributed by atoms with Crippen molar-refractivity contribution in [1.82, 2.24) is 4.90 Å². The number of likely N-dealkylation sites (N-methyl/N-ethyl adjacent to an activating group) is 1. The average Bonchev–Trinajstić information content (AvgIpc) is 2.23. The topological polar surface area (TPSA) is 57.6 Å². The number of carboxylic acids is 1. The first-order valence-corrected chi connectivity index (χ1v) is 5.09. The van der Waals surface area contributed by atoms with E-state index in [1.165, 1.54) is 0 Å². The Morgan fingerprint density at radius 3 is 2.33 bits per heavy atom. The fraction of sp³-hybridized carbons (Fsp3) is 0.636. The van der Waals surface area contributed by atoms with Gasteiger partial charge in [-0.2, -0.15) is 0 Å². The van der Waals surface area contributed by atoms with Crippen LogP contribution < -0.4 is 0 Å². The summed E-state index contributed by atoms with van der Waals surface area (Å²) in [5.74, 6) is -1.49. The van der Waals surface area contributed by atoms with Crippen LogP contribution in [-0.4, -0.2) is 35.0 Å². The highest BCUT2D eigenvalue weighted by atomic mass is 16.4. The minimum Gasteiger partial charge on any atom is -0.481 e. The molecule has 4 heteroatoms. The van der Waals surface area contributed by atoms with Crippen molar-refractivity contribution in [2.75, 3.05) is 13.1 Å². The lowest BCUT2D eigenvalue weighted by molar-refractivity contribution is -0.142. The summed E-state index contributed by atoms with van der Waals surface area (Å²) in [7, 11) is 0. The molecule has 1 atom stereocenters. The van der Waals surface area contributed by atoms with E-state index in [0.29, 0.717) is 12.1 Å². The molecule has 0 fully saturated rings. The van der Waals surface area contributed by atoms with Gasteiger partial charge in [-0.3, -0.25) is 9.59 Å². The van der Waals surface area contributed by atoms with Crippen LogP contribution in [0.2, 0.25) is 0 Å². The minimum absolute atomic E-state index is 0.0897. The summed E-state index contributed by atoms with van der Waals surface area (Å²) < 4.78 is 0. The molecule has 0 aromatic carbocycles. The Balaban J connectivity index is 4.51. The van der Waals surface area contributed by atoms with Crippen LogP contribution in [0.3, 0.4) is 0 Å². The van der Waals surface area contributed by atoms with E-state index in [1.807, 2.05) is 6.92 Å². The van der Waals surface area contributed by atoms with E-state index in [0.717, 1.165) is 0 Å². The van der Waals surface area contributed by atoms with Crippen molar-refractivity contribution < 1.29 is 14.7 Å². The molecule has 4 nitrogen and oxygen atoms in total. The lowest BCUT2D eigenvalue weighted by atomic mass is 10.1. The fourth-order valence-electron chi connectivity index (χ4n) is 1.14. The predicted molar refractivity (Wildman–Crippen MR) is 58.5 cm³/mol. The van der Waals surface area contributed by atoms with Gasteiger partial charge in [0, 0.05) is 18.7 Å². The zero-order valence-electron chi connectivity index (χ0n) is 9.78. The molecule has 0 aliphatic carbocycles. The van der Waals surface area contributed by atoms with E-state index in [9.17, 15) is 9.59 Å². The Hall–Kier alpha value is -1.32. The zero-order chi connectivity index (χ0) is 12.0. The van der Waals surface area contributed by atoms with Gasteiger partial charge in [0.2, 0.25) is 5.91 Å². The molecule has 0 aliphatic rings. The molecule has 0 aliphatic heterocycles. The summed E-state index contributed by atoms with van der Waals surface area (Å²) >= 11 is 0. The van der Waals surface area contributed by atoms with Gasteiger partial charge in [-0.25, -0.2) is 0 Å². The van der Waals surface area contributed by atoms with Crippen molar-refractivity contribution in [2.24, 2.45) is 5.92 Å². The van der Waals surface area contributed by atoms with Gasteiger partial charge in [0.15, 0.2) is 0 Å². The largest absolute Gasteiger partial charge is 0.481 e. The van der Waals surface area contributed by atoms with Crippen molar-refractivity contribution in [2.45, 2.75) is 27.7 Å². The molecule has 0 spiro atoms. The molecule has 0 radical (unpaired) electrons. The number of hydrogen-bond donors (Lipinski definition) is 1. The van der Waals surface area contributed by atoms with Gasteiger partial charge in [-0.05, 0) is 20.8 Å². The molecule has 0 aromatic heterocycles. The normalized spacial score (nSPS) is 13.5. The summed E-state index contributed by atoms with van der Waals surface area (Å²) in [5.41, 5.74) is 0.648. The van der Waals surface area contributed by atoms with Crippen LogP contribution >= 0.6 is 0 Å². The number of aliphatic carboxylic acids is 1. The quantitative estimate of drug-likeness (QED) is 0.704. The standard InChI is InChI=1S/C11H19NO3/c1-5-8(3)10(13)12(6-2)7-9(4)11(14)15/h5,9H,6-7H2,1-4H3,(H,14,15). The lowest BCUT2D eigenvalue weighted by Gasteiger charge is -2.23. The summed E-state index contributed by atoms with van der Waals surface area (Å²) in [6.45, 7) is 7.76. The first-order chi connectivity index (χ1) is 6.93. The van der Waals surface area contributed by atoms with Gasteiger partial charge in [-0.1, -0.05) is 13.0 Å². The third-order valence-electron chi connectivity index (χ3n) is 2.36. The summed E-state index contributed by atoms with van der Waals surface area (Å²) in [6.07, 6.45) is 1.73. The molecule has 0 aromatic rings. The van der Waals surface area contributed by atoms with Crippen molar-refractivity contribution in [1.29, 1.82) is 0 Å². The maximum atomic E-state index is 11.7. The Morgan fingerprint density at radius 1 is 1.47 bits per heavy atom. The summed E-state index contributed by atoms with van der Waals surface area (Å²) in [6, 6.07) is 0. The summed E-state index contributed by atoms with van der Waals surface area (Å²) in [4.78, 5) is 23.9. The SMILES string of the molecule is CC=C(C)C(=O)N(CC)CC(C)C(=O)O. The number of nitrogens with zero attached hydrogens (tertiary/aromatic N) is 1. The third kappa shape index (κ3) is 4.14. The highest BCUT2D eigenvalue weighted by Crippen LogP contribution is 2.05. The Kier molecular flexibility index (Phi) is 5.67. The van der Waals surface area contributed by atoms with E-state index in [4.69, 9.17) is 5.11 Å². The molecule has 1 unspecified atom stereocenters. The first-order valence-electron chi connectivity index (χ1n) is 5.09. The number of rotatable bonds is 5. The van der Waals surface area contributed by atoms with Crippen molar-refractivity contribution in [3.05, 3.63) is 11.6 Å². The van der Waals surface area contributed by atoms with E-state index in [-0.39, 0.29) is 12.5 Å². The lowest BCUT2D eigenvalue weighted by Crippen LogP contribution is -2.37. The summed E-state index contributed by atoms with van der Waals surface area (Å²) in [5, 5.41) is 8.75. The van der Waals surface area contributed by atoms with Gasteiger partial charge in [-0.15, -0.1) is 0 Å². The predicted octanol–water partition coefficient (Wildman–Crippen LogP) is 1.52. The van der Waals surface area contributed by atoms with Crippen LogP contribution in [0.4, 0.5) is 0 Å². The smallest absolute Gasteiger partial charge is 0.308 e. The molecular weight excluding hydrogens is 194 g/mol. The minimum atomic E-state index is -0.876. The molecule has 1 amide bonds. The van der Waals surface area contributed by atoms with Crippen molar-refractivity contribution in [3.63, 3.8) is 0 Å². The first kappa shape index (κ1) is 13.7. The second-order valence-corrected chi connectivity index (χ2v) is 3.55. The van der Waals surface area contributed by atoms with Crippen LogP contribution in [0.25, 0.3) is 0 Å². The van der Waals surface area contributed by atoms with E-state index >= 15 is 0 Å². The van der Waals surface area contributed by atoms with Gasteiger partial charge in [0.25, 0.3) is 0 Å². The molecular formula is C11H19NO3. The number of carbonyl (C=O) groups excluding carboxylic acids is 1. The molecule has 0 rings (SSSR count). The van der Waals surface area contributed by atoms with Gasteiger partial charge in [0.1, 0.15) is 0 Å². The monoisotopic (exact) mass is 213 g/mol. The van der Waals surface area contributed by atoms with Gasteiger partial charge in [0.05, 0.1) is 5.92 Å². The average molecular weight is 213 g/mol. The number of carbonyl (C=O) groups is 2. The second kappa shape index (κ2) is 6.22. The number of allylic oxidation sites excluding steroid dienone is 1. The van der Waals surface area contributed by atoms with Crippen LogP contribution in [0.15, 0.2) is 11.6 Å². The Morgan fingerprint density at radius 2 is 2.00 bits per heavy atom. The third-order valence-corrected chi connectivity index (χ3v) is 2.36. The molecule has 0 heterocycles. The van der Waals surface area contributed by atoms with Gasteiger partial charge >= 0.3 is 5.97 Å². The van der Waals surface area contributed by atoms with E-state index < -0.39 is 11.9 Å². The molecule has 0 saturated carbocycles. The molecule has 86 valence electrons. The number of carboxylic acid groups (broad SMARTS) is 1. The maximum absolute atomic E-state index is 11.7. The number of amides is 1. The molecule has 1 N–H and O–H groups in total. The second-order valence-electron chi connectivity index (χ2n) is 3.55. The van der Waals surface area contributed by atoms with E-state index in [1.54, 1.807) is 31.7 Å². The van der Waals surface area contributed by atoms with Crippen LogP contribution in [-0.2, 0) is 9.59 Å². The molecule has 0 saturated heterocycles.